The lowest BCUT2D eigenvalue weighted by Gasteiger charge is -2.44. The molecule has 0 aromatic heterocycles. The third kappa shape index (κ3) is 1.76. The van der Waals surface area contributed by atoms with Crippen LogP contribution in [0.2, 0.25) is 0 Å². The second-order valence-electron chi connectivity index (χ2n) is 4.68. The Bertz CT molecular complexity index is 462. The van der Waals surface area contributed by atoms with Crippen LogP contribution in [0.5, 0.6) is 0 Å². The van der Waals surface area contributed by atoms with Gasteiger partial charge in [0.15, 0.2) is 0 Å². The van der Waals surface area contributed by atoms with Crippen molar-refractivity contribution >= 4 is 17.7 Å². The monoisotopic (exact) mass is 249 g/mol. The van der Waals surface area contributed by atoms with E-state index in [1.807, 2.05) is 18.8 Å². The van der Waals surface area contributed by atoms with E-state index in [-0.39, 0.29) is 18.1 Å². The van der Waals surface area contributed by atoms with Crippen molar-refractivity contribution < 1.29 is 9.53 Å². The number of thioether (sulfide) groups is 1. The molecule has 1 saturated heterocycles. The fourth-order valence-corrected chi connectivity index (χ4v) is 3.81. The Balaban J connectivity index is 2.01. The van der Waals surface area contributed by atoms with Gasteiger partial charge in [0.2, 0.25) is 5.91 Å². The highest BCUT2D eigenvalue weighted by Crippen LogP contribution is 2.40. The van der Waals surface area contributed by atoms with Crippen LogP contribution in [0, 0.1) is 0 Å². The minimum atomic E-state index is -0.290. The van der Waals surface area contributed by atoms with Crippen LogP contribution >= 0.6 is 11.8 Å². The summed E-state index contributed by atoms with van der Waals surface area (Å²) in [5, 5.41) is 0. The summed E-state index contributed by atoms with van der Waals surface area (Å²) in [6.07, 6.45) is 0. The predicted octanol–water partition coefficient (Wildman–Crippen LogP) is 1.62. The van der Waals surface area contributed by atoms with Gasteiger partial charge in [-0.15, -0.1) is 0 Å². The summed E-state index contributed by atoms with van der Waals surface area (Å²) in [4.78, 5) is 13.3. The van der Waals surface area contributed by atoms with E-state index < -0.39 is 0 Å². The van der Waals surface area contributed by atoms with E-state index in [4.69, 9.17) is 4.74 Å². The van der Waals surface area contributed by atoms with Crippen LogP contribution < -0.4 is 0 Å². The Morgan fingerprint density at radius 2 is 2.24 bits per heavy atom. The van der Waals surface area contributed by atoms with Gasteiger partial charge < -0.3 is 9.64 Å². The summed E-state index contributed by atoms with van der Waals surface area (Å²) in [7, 11) is 1.86. The first-order chi connectivity index (χ1) is 8.21. The average molecular weight is 249 g/mol. The van der Waals surface area contributed by atoms with E-state index in [2.05, 4.69) is 24.3 Å². The topological polar surface area (TPSA) is 29.5 Å². The van der Waals surface area contributed by atoms with Gasteiger partial charge in [-0.2, -0.15) is 11.8 Å². The molecule has 1 fully saturated rings. The minimum absolute atomic E-state index is 0.0729. The summed E-state index contributed by atoms with van der Waals surface area (Å²) < 4.78 is 5.90. The summed E-state index contributed by atoms with van der Waals surface area (Å²) in [6.45, 7) is 0.862. The molecule has 1 spiro atoms. The van der Waals surface area contributed by atoms with E-state index in [0.29, 0.717) is 6.54 Å². The summed E-state index contributed by atoms with van der Waals surface area (Å²) in [5.41, 5.74) is 2.31. The Morgan fingerprint density at radius 3 is 3.06 bits per heavy atom. The van der Waals surface area contributed by atoms with Crippen molar-refractivity contribution in [1.82, 2.24) is 4.90 Å². The first-order valence-electron chi connectivity index (χ1n) is 5.75. The van der Waals surface area contributed by atoms with Gasteiger partial charge in [0, 0.05) is 18.6 Å². The number of benzene rings is 1. The number of likely N-dealkylation sites (N-methyl/N-ethyl adjacent to an activating group) is 1. The third-order valence-corrected chi connectivity index (χ3v) is 4.68. The Kier molecular flexibility index (Phi) is 2.64. The number of carbonyl (C=O) groups is 1. The maximum atomic E-state index is 11.5. The summed E-state index contributed by atoms with van der Waals surface area (Å²) >= 11 is 1.88. The molecular weight excluding hydrogens is 234 g/mol. The maximum Gasteiger partial charge on any atom is 0.248 e. The smallest absolute Gasteiger partial charge is 0.248 e. The molecular formula is C13H15NO2S. The number of morpholine rings is 1. The molecule has 0 bridgehead atoms. The van der Waals surface area contributed by atoms with Crippen molar-refractivity contribution in [3.63, 3.8) is 0 Å². The molecule has 0 N–H and O–H groups in total. The van der Waals surface area contributed by atoms with Crippen LogP contribution in [0.1, 0.15) is 11.1 Å². The van der Waals surface area contributed by atoms with E-state index >= 15 is 0 Å². The van der Waals surface area contributed by atoms with E-state index in [9.17, 15) is 4.79 Å². The summed E-state index contributed by atoms with van der Waals surface area (Å²) in [6, 6.07) is 8.41. The lowest BCUT2D eigenvalue weighted by molar-refractivity contribution is -0.159. The molecule has 3 nitrogen and oxygen atoms in total. The molecule has 2 heterocycles. The number of nitrogens with zero attached hydrogens (tertiary/aromatic N) is 1. The van der Waals surface area contributed by atoms with Crippen molar-refractivity contribution in [2.45, 2.75) is 11.4 Å². The van der Waals surface area contributed by atoms with Gasteiger partial charge >= 0.3 is 0 Å². The fourth-order valence-electron chi connectivity index (χ4n) is 2.57. The molecule has 1 aromatic rings. The summed E-state index contributed by atoms with van der Waals surface area (Å²) in [5.74, 6) is 2.05. The van der Waals surface area contributed by atoms with Crippen LogP contribution in [-0.4, -0.2) is 36.8 Å². The third-order valence-electron chi connectivity index (χ3n) is 3.49. The highest BCUT2D eigenvalue weighted by molar-refractivity contribution is 7.98. The van der Waals surface area contributed by atoms with E-state index in [0.717, 1.165) is 11.5 Å². The SMILES string of the molecule is CN1CC2(CSCc3ccccc32)OCC1=O. The predicted molar refractivity (Wildman–Crippen MR) is 67.9 cm³/mol. The lowest BCUT2D eigenvalue weighted by Crippen LogP contribution is -2.53. The van der Waals surface area contributed by atoms with Gasteiger partial charge in [-0.3, -0.25) is 4.79 Å². The maximum absolute atomic E-state index is 11.5. The number of amides is 1. The second kappa shape index (κ2) is 4.03. The van der Waals surface area contributed by atoms with E-state index in [1.54, 1.807) is 4.90 Å². The molecule has 0 aliphatic carbocycles. The van der Waals surface area contributed by atoms with Gasteiger partial charge in [-0.1, -0.05) is 24.3 Å². The molecule has 1 atom stereocenters. The highest BCUT2D eigenvalue weighted by atomic mass is 32.2. The lowest BCUT2D eigenvalue weighted by atomic mass is 9.89. The zero-order chi connectivity index (χ0) is 11.9. The van der Waals surface area contributed by atoms with Crippen LogP contribution in [0.3, 0.4) is 0 Å². The molecule has 0 radical (unpaired) electrons. The Hall–Kier alpha value is -1.00. The molecule has 90 valence electrons. The normalized spacial score (nSPS) is 28.3. The molecule has 0 saturated carbocycles. The fraction of sp³-hybridized carbons (Fsp3) is 0.462. The van der Waals surface area contributed by atoms with Crippen LogP contribution in [-0.2, 0) is 20.9 Å². The Morgan fingerprint density at radius 1 is 1.41 bits per heavy atom. The van der Waals surface area contributed by atoms with Gasteiger partial charge in [-0.25, -0.2) is 0 Å². The van der Waals surface area contributed by atoms with Crippen molar-refractivity contribution in [3.05, 3.63) is 35.4 Å². The standard InChI is InChI=1S/C13H15NO2S/c1-14-8-13(16-6-12(14)15)9-17-7-10-4-2-3-5-11(10)13/h2-5H,6-9H2,1H3. The van der Waals surface area contributed by atoms with Crippen molar-refractivity contribution in [3.8, 4) is 0 Å². The Labute approximate surface area is 105 Å². The second-order valence-corrected chi connectivity index (χ2v) is 5.67. The van der Waals surface area contributed by atoms with Gasteiger partial charge in [0.05, 0.1) is 6.54 Å². The zero-order valence-electron chi connectivity index (χ0n) is 9.81. The molecule has 1 unspecified atom stereocenters. The number of carbonyl (C=O) groups excluding carboxylic acids is 1. The first-order valence-corrected chi connectivity index (χ1v) is 6.91. The van der Waals surface area contributed by atoms with Crippen molar-refractivity contribution in [2.24, 2.45) is 0 Å². The zero-order valence-corrected chi connectivity index (χ0v) is 10.6. The molecule has 2 aliphatic heterocycles. The highest BCUT2D eigenvalue weighted by Gasteiger charge is 2.43. The molecule has 17 heavy (non-hydrogen) atoms. The average Bonchev–Trinajstić information content (AvgIpc) is 2.35. The van der Waals surface area contributed by atoms with Crippen LogP contribution in [0.4, 0.5) is 0 Å². The number of hydrogen-bond donors (Lipinski definition) is 0. The van der Waals surface area contributed by atoms with Crippen LogP contribution in [0.15, 0.2) is 24.3 Å². The van der Waals surface area contributed by atoms with Gasteiger partial charge in [0.25, 0.3) is 0 Å². The molecule has 1 aromatic carbocycles. The van der Waals surface area contributed by atoms with E-state index in [1.165, 1.54) is 11.1 Å². The minimum Gasteiger partial charge on any atom is -0.358 e. The van der Waals surface area contributed by atoms with Gasteiger partial charge in [-0.05, 0) is 11.1 Å². The number of rotatable bonds is 0. The number of fused-ring (bicyclic) bond motifs is 2. The largest absolute Gasteiger partial charge is 0.358 e. The number of hydrogen-bond acceptors (Lipinski definition) is 3. The number of ether oxygens (including phenoxy) is 1. The molecule has 4 heteroatoms. The van der Waals surface area contributed by atoms with Crippen LogP contribution in [0.25, 0.3) is 0 Å². The van der Waals surface area contributed by atoms with Crippen molar-refractivity contribution in [1.29, 1.82) is 0 Å². The van der Waals surface area contributed by atoms with Crippen molar-refractivity contribution in [2.75, 3.05) is 26.0 Å². The molecule has 3 rings (SSSR count). The quantitative estimate of drug-likeness (QED) is 0.699. The van der Waals surface area contributed by atoms with Gasteiger partial charge in [0.1, 0.15) is 12.2 Å². The first kappa shape index (κ1) is 11.1. The molecule has 1 amide bonds. The molecule has 2 aliphatic rings.